The van der Waals surface area contributed by atoms with Crippen LogP contribution in [0.2, 0.25) is 0 Å². The third-order valence-electron chi connectivity index (χ3n) is 2.37. The summed E-state index contributed by atoms with van der Waals surface area (Å²) in [7, 11) is 1.73. The first-order valence-electron chi connectivity index (χ1n) is 5.11. The van der Waals surface area contributed by atoms with Gasteiger partial charge < -0.3 is 10.0 Å². The number of hydrogen-bond donors (Lipinski definition) is 1. The number of thiophene rings is 1. The summed E-state index contributed by atoms with van der Waals surface area (Å²) in [6, 6.07) is 3.99. The van der Waals surface area contributed by atoms with Gasteiger partial charge in [0.2, 0.25) is 5.91 Å². The van der Waals surface area contributed by atoms with Crippen LogP contribution in [0.15, 0.2) is 17.5 Å². The fraction of sp³-hybridized carbons (Fsp3) is 0.545. The quantitative estimate of drug-likeness (QED) is 0.847. The van der Waals surface area contributed by atoms with Crippen LogP contribution in [0.3, 0.4) is 0 Å². The van der Waals surface area contributed by atoms with Crippen molar-refractivity contribution in [3.63, 3.8) is 0 Å². The standard InChI is InChI=1S/C11H17NO2S2/c1-9(6-13)12(2)11(14)8-15-7-10-4-3-5-16-10/h3-5,9,13H,6-8H2,1-2H3. The molecule has 0 aliphatic carbocycles. The van der Waals surface area contributed by atoms with E-state index in [2.05, 4.69) is 6.07 Å². The van der Waals surface area contributed by atoms with Gasteiger partial charge in [0.05, 0.1) is 18.4 Å². The van der Waals surface area contributed by atoms with Crippen LogP contribution < -0.4 is 0 Å². The highest BCUT2D eigenvalue weighted by Gasteiger charge is 2.14. The molecular weight excluding hydrogens is 242 g/mol. The Hall–Kier alpha value is -0.520. The molecule has 1 rings (SSSR count). The molecule has 0 bridgehead atoms. The highest BCUT2D eigenvalue weighted by Crippen LogP contribution is 2.17. The summed E-state index contributed by atoms with van der Waals surface area (Å²) in [4.78, 5) is 14.6. The van der Waals surface area contributed by atoms with Gasteiger partial charge in [-0.15, -0.1) is 23.1 Å². The molecule has 90 valence electrons. The molecule has 1 unspecified atom stereocenters. The number of thioether (sulfide) groups is 1. The zero-order valence-corrected chi connectivity index (χ0v) is 11.2. The SMILES string of the molecule is CC(CO)N(C)C(=O)CSCc1cccs1. The van der Waals surface area contributed by atoms with Crippen LogP contribution in [-0.4, -0.2) is 41.4 Å². The lowest BCUT2D eigenvalue weighted by Crippen LogP contribution is -2.38. The molecule has 1 atom stereocenters. The van der Waals surface area contributed by atoms with E-state index in [4.69, 9.17) is 5.11 Å². The van der Waals surface area contributed by atoms with Crippen LogP contribution in [0.25, 0.3) is 0 Å². The average molecular weight is 259 g/mol. The molecule has 0 fully saturated rings. The molecule has 0 spiro atoms. The van der Waals surface area contributed by atoms with Gasteiger partial charge in [-0.2, -0.15) is 0 Å². The summed E-state index contributed by atoms with van der Waals surface area (Å²) in [5, 5.41) is 11.0. The van der Waals surface area contributed by atoms with E-state index >= 15 is 0 Å². The number of nitrogens with zero attached hydrogens (tertiary/aromatic N) is 1. The van der Waals surface area contributed by atoms with Gasteiger partial charge >= 0.3 is 0 Å². The molecule has 5 heteroatoms. The second kappa shape index (κ2) is 6.93. The van der Waals surface area contributed by atoms with Crippen molar-refractivity contribution in [1.29, 1.82) is 0 Å². The highest BCUT2D eigenvalue weighted by atomic mass is 32.2. The van der Waals surface area contributed by atoms with Crippen molar-refractivity contribution in [2.24, 2.45) is 0 Å². The maximum atomic E-state index is 11.7. The minimum atomic E-state index is -0.102. The predicted octanol–water partition coefficient (Wildman–Crippen LogP) is 1.82. The molecule has 0 saturated heterocycles. The lowest BCUT2D eigenvalue weighted by atomic mass is 10.3. The summed E-state index contributed by atoms with van der Waals surface area (Å²) in [6.07, 6.45) is 0. The molecule has 1 heterocycles. The zero-order chi connectivity index (χ0) is 12.0. The minimum absolute atomic E-state index is 0.0117. The van der Waals surface area contributed by atoms with Crippen molar-refractivity contribution in [2.45, 2.75) is 18.7 Å². The van der Waals surface area contributed by atoms with Crippen LogP contribution >= 0.6 is 23.1 Å². The number of carbonyl (C=O) groups is 1. The fourth-order valence-corrected chi connectivity index (χ4v) is 2.89. The maximum Gasteiger partial charge on any atom is 0.232 e. The Morgan fingerprint density at radius 1 is 1.69 bits per heavy atom. The van der Waals surface area contributed by atoms with Crippen LogP contribution in [0.5, 0.6) is 0 Å². The Kier molecular flexibility index (Phi) is 5.87. The Bertz CT molecular complexity index is 314. The smallest absolute Gasteiger partial charge is 0.232 e. The van der Waals surface area contributed by atoms with E-state index in [-0.39, 0.29) is 18.6 Å². The van der Waals surface area contributed by atoms with Crippen molar-refractivity contribution in [3.05, 3.63) is 22.4 Å². The molecule has 0 aromatic carbocycles. The molecule has 1 aromatic heterocycles. The van der Waals surface area contributed by atoms with E-state index in [1.807, 2.05) is 18.4 Å². The average Bonchev–Trinajstić information content (AvgIpc) is 2.79. The number of aliphatic hydroxyl groups is 1. The van der Waals surface area contributed by atoms with Crippen molar-refractivity contribution in [2.75, 3.05) is 19.4 Å². The topological polar surface area (TPSA) is 40.5 Å². The monoisotopic (exact) mass is 259 g/mol. The molecule has 1 N–H and O–H groups in total. The number of hydrogen-bond acceptors (Lipinski definition) is 4. The largest absolute Gasteiger partial charge is 0.394 e. The number of aliphatic hydroxyl groups excluding tert-OH is 1. The van der Waals surface area contributed by atoms with Gasteiger partial charge in [0.15, 0.2) is 0 Å². The van der Waals surface area contributed by atoms with E-state index in [0.717, 1.165) is 5.75 Å². The lowest BCUT2D eigenvalue weighted by molar-refractivity contribution is -0.129. The Morgan fingerprint density at radius 3 is 3.00 bits per heavy atom. The molecule has 0 aliphatic heterocycles. The maximum absolute atomic E-state index is 11.7. The number of likely N-dealkylation sites (N-methyl/N-ethyl adjacent to an activating group) is 1. The fourth-order valence-electron chi connectivity index (χ4n) is 1.10. The highest BCUT2D eigenvalue weighted by molar-refractivity contribution is 7.99. The van der Waals surface area contributed by atoms with E-state index in [0.29, 0.717) is 5.75 Å². The summed E-state index contributed by atoms with van der Waals surface area (Å²) in [5.74, 6) is 1.42. The van der Waals surface area contributed by atoms with Gasteiger partial charge in [0.1, 0.15) is 0 Å². The third kappa shape index (κ3) is 4.15. The van der Waals surface area contributed by atoms with E-state index < -0.39 is 0 Å². The third-order valence-corrected chi connectivity index (χ3v) is 4.39. The Morgan fingerprint density at radius 2 is 2.44 bits per heavy atom. The molecule has 1 aromatic rings. The normalized spacial score (nSPS) is 12.4. The van der Waals surface area contributed by atoms with E-state index in [1.54, 1.807) is 35.0 Å². The van der Waals surface area contributed by atoms with Gasteiger partial charge in [0, 0.05) is 17.7 Å². The molecule has 0 radical (unpaired) electrons. The van der Waals surface area contributed by atoms with Gasteiger partial charge in [0.25, 0.3) is 0 Å². The van der Waals surface area contributed by atoms with Crippen molar-refractivity contribution in [1.82, 2.24) is 4.90 Å². The van der Waals surface area contributed by atoms with Crippen molar-refractivity contribution >= 4 is 29.0 Å². The number of carbonyl (C=O) groups excluding carboxylic acids is 1. The number of amides is 1. The predicted molar refractivity (Wildman–Crippen MR) is 69.8 cm³/mol. The summed E-state index contributed by atoms with van der Waals surface area (Å²) >= 11 is 3.32. The number of rotatable bonds is 6. The second-order valence-corrected chi connectivity index (χ2v) is 5.63. The van der Waals surface area contributed by atoms with Gasteiger partial charge in [-0.05, 0) is 18.4 Å². The van der Waals surface area contributed by atoms with Crippen LogP contribution in [0.1, 0.15) is 11.8 Å². The first kappa shape index (κ1) is 13.5. The molecule has 16 heavy (non-hydrogen) atoms. The van der Waals surface area contributed by atoms with E-state index in [1.165, 1.54) is 4.88 Å². The molecule has 0 saturated carbocycles. The van der Waals surface area contributed by atoms with Crippen LogP contribution in [0, 0.1) is 0 Å². The molecule has 3 nitrogen and oxygen atoms in total. The Labute approximate surface area is 104 Å². The molecular formula is C11H17NO2S2. The summed E-state index contributed by atoms with van der Waals surface area (Å²) in [6.45, 7) is 1.85. The second-order valence-electron chi connectivity index (χ2n) is 3.61. The summed E-state index contributed by atoms with van der Waals surface area (Å²) < 4.78 is 0. The van der Waals surface area contributed by atoms with Crippen molar-refractivity contribution < 1.29 is 9.90 Å². The first-order chi connectivity index (χ1) is 7.65. The van der Waals surface area contributed by atoms with Crippen LogP contribution in [-0.2, 0) is 10.5 Å². The van der Waals surface area contributed by atoms with Crippen LogP contribution in [0.4, 0.5) is 0 Å². The first-order valence-corrected chi connectivity index (χ1v) is 7.15. The van der Waals surface area contributed by atoms with Gasteiger partial charge in [-0.1, -0.05) is 6.07 Å². The van der Waals surface area contributed by atoms with Crippen molar-refractivity contribution in [3.8, 4) is 0 Å². The zero-order valence-electron chi connectivity index (χ0n) is 9.55. The van der Waals surface area contributed by atoms with Gasteiger partial charge in [-0.3, -0.25) is 4.79 Å². The lowest BCUT2D eigenvalue weighted by Gasteiger charge is -2.22. The van der Waals surface area contributed by atoms with E-state index in [9.17, 15) is 4.79 Å². The summed E-state index contributed by atoms with van der Waals surface area (Å²) in [5.41, 5.74) is 0. The molecule has 1 amide bonds. The molecule has 0 aliphatic rings. The van der Waals surface area contributed by atoms with Gasteiger partial charge in [-0.25, -0.2) is 0 Å². The minimum Gasteiger partial charge on any atom is -0.394 e. The Balaban J connectivity index is 2.24.